The van der Waals surface area contributed by atoms with Gasteiger partial charge in [-0.25, -0.2) is 4.99 Å². The third-order valence-electron chi connectivity index (χ3n) is 4.13. The lowest BCUT2D eigenvalue weighted by Crippen LogP contribution is -2.38. The molecule has 0 saturated carbocycles. The number of hydrogen-bond donors (Lipinski definition) is 2. The molecule has 2 N–H and O–H groups in total. The van der Waals surface area contributed by atoms with Gasteiger partial charge in [0, 0.05) is 30.9 Å². The molecule has 28 heavy (non-hydrogen) atoms. The van der Waals surface area contributed by atoms with Crippen molar-refractivity contribution in [1.29, 1.82) is 0 Å². The first kappa shape index (κ1) is 21.7. The fourth-order valence-electron chi connectivity index (χ4n) is 2.89. The van der Waals surface area contributed by atoms with Crippen LogP contribution < -0.4 is 15.4 Å². The van der Waals surface area contributed by atoms with Gasteiger partial charge in [-0.2, -0.15) is 13.9 Å². The average molecular weight is 393 g/mol. The van der Waals surface area contributed by atoms with Crippen LogP contribution in [0.2, 0.25) is 0 Å². The highest BCUT2D eigenvalue weighted by atomic mass is 19.3. The van der Waals surface area contributed by atoms with Crippen molar-refractivity contribution in [3.8, 4) is 5.75 Å². The number of aromatic nitrogens is 2. The molecule has 0 spiro atoms. The summed E-state index contributed by atoms with van der Waals surface area (Å²) in [6, 6.07) is 7.17. The summed E-state index contributed by atoms with van der Waals surface area (Å²) in [6.45, 7) is 7.54. The molecule has 0 amide bonds. The Kier molecular flexibility index (Phi) is 8.22. The van der Waals surface area contributed by atoms with E-state index in [2.05, 4.69) is 31.5 Å². The van der Waals surface area contributed by atoms with Gasteiger partial charge in [-0.3, -0.25) is 4.68 Å². The smallest absolute Gasteiger partial charge is 0.387 e. The van der Waals surface area contributed by atoms with E-state index < -0.39 is 6.61 Å². The summed E-state index contributed by atoms with van der Waals surface area (Å²) in [5, 5.41) is 10.9. The van der Waals surface area contributed by atoms with E-state index in [1.165, 1.54) is 0 Å². The van der Waals surface area contributed by atoms with Crippen molar-refractivity contribution in [3.05, 3.63) is 46.8 Å². The van der Waals surface area contributed by atoms with Crippen molar-refractivity contribution in [2.75, 3.05) is 13.1 Å². The molecule has 2 aromatic rings. The van der Waals surface area contributed by atoms with E-state index in [4.69, 9.17) is 0 Å². The molecule has 1 heterocycles. The fourth-order valence-corrected chi connectivity index (χ4v) is 2.89. The molecule has 1 aromatic carbocycles. The average Bonchev–Trinajstić information content (AvgIpc) is 2.95. The molecule has 6 nitrogen and oxygen atoms in total. The monoisotopic (exact) mass is 393 g/mol. The minimum atomic E-state index is -2.86. The van der Waals surface area contributed by atoms with Crippen LogP contribution in [0.1, 0.15) is 35.9 Å². The topological polar surface area (TPSA) is 63.5 Å². The van der Waals surface area contributed by atoms with Crippen LogP contribution in [0.4, 0.5) is 8.78 Å². The Hall–Kier alpha value is -2.64. The van der Waals surface area contributed by atoms with Crippen LogP contribution in [0, 0.1) is 20.8 Å². The number of hydrogen-bond acceptors (Lipinski definition) is 3. The summed E-state index contributed by atoms with van der Waals surface area (Å²) in [7, 11) is 0. The molecular weight excluding hydrogens is 364 g/mol. The van der Waals surface area contributed by atoms with E-state index in [-0.39, 0.29) is 12.3 Å². The van der Waals surface area contributed by atoms with Gasteiger partial charge in [0.2, 0.25) is 0 Å². The molecule has 0 saturated heterocycles. The minimum Gasteiger partial charge on any atom is -0.434 e. The third-order valence-corrected chi connectivity index (χ3v) is 4.13. The van der Waals surface area contributed by atoms with Crippen LogP contribution in [0.15, 0.2) is 29.3 Å². The lowest BCUT2D eigenvalue weighted by Gasteiger charge is -2.13. The number of benzene rings is 1. The standard InChI is InChI=1S/C20H29F2N5O/c1-5-23-20(24-9-6-10-27-16(4)12-15(3)26-27)25-13-17-11-14(2)7-8-18(17)28-19(21)22/h7-8,11-12,19H,5-6,9-10,13H2,1-4H3,(H2,23,24,25). The van der Waals surface area contributed by atoms with E-state index in [9.17, 15) is 8.78 Å². The number of aryl methyl sites for hydroxylation is 4. The number of nitrogens with one attached hydrogen (secondary N) is 2. The van der Waals surface area contributed by atoms with Crippen LogP contribution in [0.25, 0.3) is 0 Å². The first-order chi connectivity index (χ1) is 13.4. The van der Waals surface area contributed by atoms with Crippen LogP contribution >= 0.6 is 0 Å². The summed E-state index contributed by atoms with van der Waals surface area (Å²) in [5.74, 6) is 0.796. The number of ether oxygens (including phenoxy) is 1. The number of alkyl halides is 2. The summed E-state index contributed by atoms with van der Waals surface area (Å²) >= 11 is 0. The maximum Gasteiger partial charge on any atom is 0.387 e. The Bertz CT molecular complexity index is 789. The lowest BCUT2D eigenvalue weighted by molar-refractivity contribution is -0.0504. The van der Waals surface area contributed by atoms with Gasteiger partial charge in [-0.05, 0) is 46.2 Å². The van der Waals surface area contributed by atoms with E-state index in [1.54, 1.807) is 12.1 Å². The number of guanidine groups is 1. The first-order valence-electron chi connectivity index (χ1n) is 9.46. The third kappa shape index (κ3) is 6.83. The van der Waals surface area contributed by atoms with Crippen molar-refractivity contribution in [2.24, 2.45) is 4.99 Å². The predicted molar refractivity (Wildman–Crippen MR) is 107 cm³/mol. The Labute approximate surface area is 165 Å². The quantitative estimate of drug-likeness (QED) is 0.389. The van der Waals surface area contributed by atoms with Gasteiger partial charge in [0.05, 0.1) is 12.2 Å². The highest BCUT2D eigenvalue weighted by Crippen LogP contribution is 2.22. The van der Waals surface area contributed by atoms with Gasteiger partial charge in [-0.1, -0.05) is 17.7 Å². The number of halogens is 2. The molecule has 1 aromatic heterocycles. The minimum absolute atomic E-state index is 0.157. The maximum atomic E-state index is 12.6. The van der Waals surface area contributed by atoms with Gasteiger partial charge in [0.15, 0.2) is 5.96 Å². The lowest BCUT2D eigenvalue weighted by atomic mass is 10.1. The maximum absolute atomic E-state index is 12.6. The summed E-state index contributed by atoms with van der Waals surface area (Å²) in [4.78, 5) is 4.51. The largest absolute Gasteiger partial charge is 0.434 e. The van der Waals surface area contributed by atoms with Crippen LogP contribution in [-0.2, 0) is 13.1 Å². The van der Waals surface area contributed by atoms with Crippen molar-refractivity contribution >= 4 is 5.96 Å². The van der Waals surface area contributed by atoms with Crippen molar-refractivity contribution < 1.29 is 13.5 Å². The number of rotatable bonds is 9. The molecular formula is C20H29F2N5O. The molecule has 0 fully saturated rings. The number of aliphatic imine (C=N–C) groups is 1. The Morgan fingerprint density at radius 2 is 2.00 bits per heavy atom. The summed E-state index contributed by atoms with van der Waals surface area (Å²) in [6.07, 6.45) is 0.885. The highest BCUT2D eigenvalue weighted by Gasteiger charge is 2.10. The van der Waals surface area contributed by atoms with Crippen LogP contribution in [0.5, 0.6) is 5.75 Å². The SMILES string of the molecule is CCNC(=NCc1cc(C)ccc1OC(F)F)NCCCn1nc(C)cc1C. The molecule has 0 aliphatic rings. The van der Waals surface area contributed by atoms with Crippen LogP contribution in [-0.4, -0.2) is 35.4 Å². The van der Waals surface area contributed by atoms with E-state index in [0.29, 0.717) is 18.1 Å². The molecule has 154 valence electrons. The summed E-state index contributed by atoms with van der Waals surface area (Å²) < 4.78 is 31.8. The Morgan fingerprint density at radius 1 is 1.21 bits per heavy atom. The number of nitrogens with zero attached hydrogens (tertiary/aromatic N) is 3. The van der Waals surface area contributed by atoms with Crippen LogP contribution in [0.3, 0.4) is 0 Å². The Morgan fingerprint density at radius 3 is 2.64 bits per heavy atom. The summed E-state index contributed by atoms with van der Waals surface area (Å²) in [5.41, 5.74) is 3.75. The van der Waals surface area contributed by atoms with Gasteiger partial charge >= 0.3 is 6.61 Å². The second-order valence-electron chi connectivity index (χ2n) is 6.62. The molecule has 0 radical (unpaired) electrons. The van der Waals surface area contributed by atoms with Gasteiger partial charge < -0.3 is 15.4 Å². The second-order valence-corrected chi connectivity index (χ2v) is 6.62. The zero-order chi connectivity index (χ0) is 20.5. The van der Waals surface area contributed by atoms with Gasteiger partial charge in [0.1, 0.15) is 5.75 Å². The van der Waals surface area contributed by atoms with Crippen molar-refractivity contribution in [3.63, 3.8) is 0 Å². The van der Waals surface area contributed by atoms with Crippen molar-refractivity contribution in [1.82, 2.24) is 20.4 Å². The fraction of sp³-hybridized carbons (Fsp3) is 0.500. The zero-order valence-electron chi connectivity index (χ0n) is 16.9. The predicted octanol–water partition coefficient (Wildman–Crippen LogP) is 3.56. The molecule has 0 unspecified atom stereocenters. The second kappa shape index (κ2) is 10.6. The molecule has 0 atom stereocenters. The molecule has 8 heteroatoms. The molecule has 0 aliphatic heterocycles. The van der Waals surface area contributed by atoms with Crippen molar-refractivity contribution in [2.45, 2.75) is 53.8 Å². The highest BCUT2D eigenvalue weighted by molar-refractivity contribution is 5.79. The Balaban J connectivity index is 1.94. The first-order valence-corrected chi connectivity index (χ1v) is 9.46. The van der Waals surface area contributed by atoms with Gasteiger partial charge in [0.25, 0.3) is 0 Å². The van der Waals surface area contributed by atoms with Gasteiger partial charge in [-0.15, -0.1) is 0 Å². The normalized spacial score (nSPS) is 11.8. The van der Waals surface area contributed by atoms with E-state index in [0.717, 1.165) is 36.5 Å². The molecule has 0 aliphatic carbocycles. The molecule has 0 bridgehead atoms. The molecule has 2 rings (SSSR count). The van der Waals surface area contributed by atoms with E-state index in [1.807, 2.05) is 38.4 Å². The van der Waals surface area contributed by atoms with E-state index >= 15 is 0 Å². The zero-order valence-corrected chi connectivity index (χ0v) is 16.9.